The van der Waals surface area contributed by atoms with Crippen LogP contribution in [0.2, 0.25) is 0 Å². The monoisotopic (exact) mass is 99.1 g/mol. The van der Waals surface area contributed by atoms with Gasteiger partial charge in [-0.05, 0) is 14.1 Å². The highest BCUT2D eigenvalue weighted by molar-refractivity contribution is 5.75. The van der Waals surface area contributed by atoms with Crippen molar-refractivity contribution in [1.29, 1.82) is 0 Å². The number of rotatable bonds is 3. The maximum atomic E-state index is 3.01. The van der Waals surface area contributed by atoms with Crippen molar-refractivity contribution < 1.29 is 0 Å². The van der Waals surface area contributed by atoms with E-state index < -0.39 is 0 Å². The summed E-state index contributed by atoms with van der Waals surface area (Å²) in [7, 11) is 3.88. The summed E-state index contributed by atoms with van der Waals surface area (Å²) >= 11 is 0. The Hall–Kier alpha value is -0.0151. The molecule has 0 atom stereocenters. The van der Waals surface area contributed by atoms with Crippen LogP contribution in [0.3, 0.4) is 0 Å². The van der Waals surface area contributed by atoms with Crippen LogP contribution in [0, 0.1) is 0 Å². The van der Waals surface area contributed by atoms with Gasteiger partial charge in [-0.15, -0.1) is 0 Å². The fourth-order valence-corrected chi connectivity index (χ4v) is 0.250. The van der Waals surface area contributed by atoms with E-state index in [1.165, 1.54) is 0 Å². The lowest BCUT2D eigenvalue weighted by atomic mass is 10.6. The summed E-state index contributed by atoms with van der Waals surface area (Å²) in [4.78, 5) is 0. The molecule has 0 heterocycles. The van der Waals surface area contributed by atoms with Gasteiger partial charge in [-0.25, -0.2) is 0 Å². The smallest absolute Gasteiger partial charge is 0.00736 e. The third-order valence-electron chi connectivity index (χ3n) is 0.625. The van der Waals surface area contributed by atoms with Crippen LogP contribution in [0.15, 0.2) is 0 Å². The van der Waals surface area contributed by atoms with Crippen LogP contribution in [0.25, 0.3) is 0 Å². The van der Waals surface area contributed by atoms with Gasteiger partial charge >= 0.3 is 0 Å². The molecular weight excluding hydrogens is 86.9 g/mol. The average molecular weight is 99.0 g/mol. The first-order chi connectivity index (χ1) is 2.91. The highest BCUT2D eigenvalue weighted by Gasteiger charge is 1.70. The summed E-state index contributed by atoms with van der Waals surface area (Å²) in [5.74, 6) is 0. The minimum atomic E-state index is 0. The summed E-state index contributed by atoms with van der Waals surface area (Å²) in [6.07, 6.45) is 0. The Kier molecular flexibility index (Phi) is 13.5. The minimum Gasteiger partial charge on any atom is -0.318 e. The molecule has 0 saturated carbocycles. The molecule has 0 bridgehead atoms. The van der Waals surface area contributed by atoms with Crippen LogP contribution >= 0.6 is 0 Å². The lowest BCUT2D eigenvalue weighted by Crippen LogP contribution is -2.21. The molecule has 0 fully saturated rings. The Morgan fingerprint density at radius 1 is 1.00 bits per heavy atom. The van der Waals surface area contributed by atoms with Crippen molar-refractivity contribution in [1.82, 2.24) is 10.6 Å². The van der Waals surface area contributed by atoms with E-state index >= 15 is 0 Å². The quantitative estimate of drug-likeness (QED) is 0.352. The van der Waals surface area contributed by atoms with Crippen molar-refractivity contribution in [3.05, 3.63) is 0 Å². The number of nitrogens with one attached hydrogen (secondary N) is 2. The Bertz CT molecular complexity index is 21.7. The second-order valence-corrected chi connectivity index (χ2v) is 1.21. The van der Waals surface area contributed by atoms with Crippen LogP contribution in [0.4, 0.5) is 0 Å². The first-order valence-electron chi connectivity index (χ1n) is 2.21. The lowest BCUT2D eigenvalue weighted by Gasteiger charge is -1.92. The van der Waals surface area contributed by atoms with Gasteiger partial charge in [0.25, 0.3) is 0 Å². The molecular formula is C4H12BN2. The third-order valence-corrected chi connectivity index (χ3v) is 0.625. The zero-order valence-electron chi connectivity index (χ0n) is 4.99. The summed E-state index contributed by atoms with van der Waals surface area (Å²) in [6, 6.07) is 0. The molecule has 0 amide bonds. The van der Waals surface area contributed by atoms with Crippen molar-refractivity contribution in [2.75, 3.05) is 27.2 Å². The van der Waals surface area contributed by atoms with E-state index in [0.29, 0.717) is 0 Å². The van der Waals surface area contributed by atoms with Gasteiger partial charge in [0.15, 0.2) is 0 Å². The predicted molar refractivity (Wildman–Crippen MR) is 33.6 cm³/mol. The van der Waals surface area contributed by atoms with Crippen molar-refractivity contribution in [3.63, 3.8) is 0 Å². The van der Waals surface area contributed by atoms with E-state index in [9.17, 15) is 0 Å². The van der Waals surface area contributed by atoms with Gasteiger partial charge in [-0.3, -0.25) is 0 Å². The molecule has 2 nitrogen and oxygen atoms in total. The van der Waals surface area contributed by atoms with Crippen LogP contribution in [0.5, 0.6) is 0 Å². The summed E-state index contributed by atoms with van der Waals surface area (Å²) in [5, 5.41) is 6.01. The van der Waals surface area contributed by atoms with Crippen molar-refractivity contribution in [2.45, 2.75) is 0 Å². The van der Waals surface area contributed by atoms with Gasteiger partial charge in [0.2, 0.25) is 0 Å². The van der Waals surface area contributed by atoms with Crippen LogP contribution in [0.1, 0.15) is 0 Å². The Morgan fingerprint density at radius 3 is 1.43 bits per heavy atom. The molecule has 0 saturated heterocycles. The first kappa shape index (κ1) is 10.1. The molecule has 7 heavy (non-hydrogen) atoms. The van der Waals surface area contributed by atoms with E-state index in [-0.39, 0.29) is 8.41 Å². The van der Waals surface area contributed by atoms with Gasteiger partial charge < -0.3 is 10.6 Å². The summed E-state index contributed by atoms with van der Waals surface area (Å²) < 4.78 is 0. The molecule has 2 N–H and O–H groups in total. The standard InChI is InChI=1S/C4H12N2.B/c1-5-3-4-6-2;/h5-6H,3-4H2,1-2H3;. The molecule has 0 rings (SSSR count). The maximum Gasteiger partial charge on any atom is 0.00736 e. The highest BCUT2D eigenvalue weighted by Crippen LogP contribution is 1.45. The van der Waals surface area contributed by atoms with E-state index in [4.69, 9.17) is 0 Å². The largest absolute Gasteiger partial charge is 0.318 e. The lowest BCUT2D eigenvalue weighted by molar-refractivity contribution is 0.718. The summed E-state index contributed by atoms with van der Waals surface area (Å²) in [6.45, 7) is 2.10. The molecule has 0 aliphatic rings. The minimum absolute atomic E-state index is 0. The van der Waals surface area contributed by atoms with Gasteiger partial charge in [0.05, 0.1) is 0 Å². The normalized spacial score (nSPS) is 7.71. The molecule has 0 unspecified atom stereocenters. The predicted octanol–water partition coefficient (Wildman–Crippen LogP) is -0.956. The number of hydrogen-bond donors (Lipinski definition) is 2. The first-order valence-corrected chi connectivity index (χ1v) is 2.21. The van der Waals surface area contributed by atoms with Crippen molar-refractivity contribution >= 4 is 8.41 Å². The molecule has 0 aromatic rings. The Labute approximate surface area is 47.3 Å². The molecule has 0 aliphatic carbocycles. The zero-order valence-corrected chi connectivity index (χ0v) is 4.99. The van der Waals surface area contributed by atoms with Crippen LogP contribution < -0.4 is 10.6 Å². The molecule has 0 aromatic heterocycles. The van der Waals surface area contributed by atoms with Crippen LogP contribution in [-0.4, -0.2) is 35.6 Å². The second-order valence-electron chi connectivity index (χ2n) is 1.21. The van der Waals surface area contributed by atoms with Gasteiger partial charge in [-0.1, -0.05) is 0 Å². The SMILES string of the molecule is CNCCNC.[B]. The zero-order chi connectivity index (χ0) is 4.83. The van der Waals surface area contributed by atoms with Crippen molar-refractivity contribution in [3.8, 4) is 0 Å². The third kappa shape index (κ3) is 10.7. The molecule has 41 valence electrons. The molecule has 0 aromatic carbocycles. The molecule has 3 radical (unpaired) electrons. The number of likely N-dealkylation sites (N-methyl/N-ethyl adjacent to an activating group) is 2. The van der Waals surface area contributed by atoms with E-state index in [1.807, 2.05) is 14.1 Å². The number of hydrogen-bond acceptors (Lipinski definition) is 2. The van der Waals surface area contributed by atoms with Gasteiger partial charge in [-0.2, -0.15) is 0 Å². The van der Waals surface area contributed by atoms with E-state index in [0.717, 1.165) is 13.1 Å². The Morgan fingerprint density at radius 2 is 1.29 bits per heavy atom. The fourth-order valence-electron chi connectivity index (χ4n) is 0.250. The highest BCUT2D eigenvalue weighted by atomic mass is 14.9. The molecule has 0 aliphatic heterocycles. The van der Waals surface area contributed by atoms with E-state index in [1.54, 1.807) is 0 Å². The van der Waals surface area contributed by atoms with E-state index in [2.05, 4.69) is 10.6 Å². The van der Waals surface area contributed by atoms with Crippen LogP contribution in [-0.2, 0) is 0 Å². The summed E-state index contributed by atoms with van der Waals surface area (Å²) in [5.41, 5.74) is 0. The Balaban J connectivity index is 0. The molecule has 0 spiro atoms. The van der Waals surface area contributed by atoms with Gasteiger partial charge in [0.1, 0.15) is 0 Å². The fraction of sp³-hybridized carbons (Fsp3) is 1.00. The topological polar surface area (TPSA) is 24.1 Å². The van der Waals surface area contributed by atoms with Gasteiger partial charge in [0, 0.05) is 21.5 Å². The second kappa shape index (κ2) is 9.37. The average Bonchev–Trinajstić information content (AvgIpc) is 1.61. The van der Waals surface area contributed by atoms with Crippen molar-refractivity contribution in [2.24, 2.45) is 0 Å². The maximum absolute atomic E-state index is 3.01. The molecule has 3 heteroatoms.